The molecule has 1 aliphatic rings. The van der Waals surface area contributed by atoms with E-state index in [9.17, 15) is 0 Å². The van der Waals surface area contributed by atoms with Crippen molar-refractivity contribution in [2.24, 2.45) is 0 Å². The third kappa shape index (κ3) is 6.15. The zero-order valence-electron chi connectivity index (χ0n) is 22.2. The lowest BCUT2D eigenvalue weighted by molar-refractivity contribution is -0.0920. The quantitative estimate of drug-likeness (QED) is 0.158. The predicted molar refractivity (Wildman–Crippen MR) is 157 cm³/mol. The molecule has 0 bridgehead atoms. The minimum absolute atomic E-state index is 0.349. The van der Waals surface area contributed by atoms with E-state index in [0.717, 1.165) is 32.2 Å². The fraction of sp³-hybridized carbons (Fsp3) is 0.290. The summed E-state index contributed by atoms with van der Waals surface area (Å²) < 4.78 is 32.8. The smallest absolute Gasteiger partial charge is 0.171 e. The van der Waals surface area contributed by atoms with Crippen molar-refractivity contribution in [3.8, 4) is 0 Å². The van der Waals surface area contributed by atoms with Gasteiger partial charge in [-0.2, -0.15) is 4.37 Å². The maximum absolute atomic E-state index is 6.78. The lowest BCUT2D eigenvalue weighted by Gasteiger charge is -2.26. The van der Waals surface area contributed by atoms with Crippen LogP contribution in [0.1, 0.15) is 22.9 Å². The number of aromatic nitrogens is 3. The topological polar surface area (TPSA) is 67.6 Å². The first kappa shape index (κ1) is 27.1. The van der Waals surface area contributed by atoms with E-state index >= 15 is 0 Å². The summed E-state index contributed by atoms with van der Waals surface area (Å²) in [5.74, 6) is 0. The van der Waals surface area contributed by atoms with Crippen LogP contribution in [0.25, 0.3) is 10.3 Å². The van der Waals surface area contributed by atoms with E-state index in [-0.39, 0.29) is 12.2 Å². The summed E-state index contributed by atoms with van der Waals surface area (Å²) in [6.45, 7) is 1.73. The monoisotopic (exact) mass is 573 g/mol. The molecule has 2 aromatic heterocycles. The molecule has 1 saturated heterocycles. The molecule has 3 heterocycles. The zero-order chi connectivity index (χ0) is 27.1. The average Bonchev–Trinajstić information content (AvgIpc) is 3.69. The van der Waals surface area contributed by atoms with Crippen LogP contribution in [0.15, 0.2) is 102 Å². The van der Waals surface area contributed by atoms with E-state index in [1.54, 1.807) is 18.0 Å². The second kappa shape index (κ2) is 13.1. The SMILES string of the molecule is CSc1nc2cnsc2n1[C@@H]1O[C@H](COCc2ccccc2)[C@@H](OCc2ccccc2)[C@@H]1OCc1ccccc1. The summed E-state index contributed by atoms with van der Waals surface area (Å²) >= 11 is 2.99. The van der Waals surface area contributed by atoms with Crippen molar-refractivity contribution in [3.63, 3.8) is 0 Å². The van der Waals surface area contributed by atoms with Gasteiger partial charge in [-0.25, -0.2) is 4.98 Å². The highest BCUT2D eigenvalue weighted by molar-refractivity contribution is 7.98. The zero-order valence-corrected chi connectivity index (χ0v) is 23.8. The molecule has 0 aliphatic carbocycles. The molecule has 5 aromatic rings. The van der Waals surface area contributed by atoms with Gasteiger partial charge < -0.3 is 18.9 Å². The summed E-state index contributed by atoms with van der Waals surface area (Å²) in [5.41, 5.74) is 4.14. The Morgan fingerprint density at radius 2 is 1.38 bits per heavy atom. The van der Waals surface area contributed by atoms with Gasteiger partial charge in [0.25, 0.3) is 0 Å². The highest BCUT2D eigenvalue weighted by Crippen LogP contribution is 2.40. The molecule has 1 fully saturated rings. The molecule has 206 valence electrons. The van der Waals surface area contributed by atoms with E-state index in [4.69, 9.17) is 23.9 Å². The summed E-state index contributed by atoms with van der Waals surface area (Å²) in [4.78, 5) is 5.75. The fourth-order valence-corrected chi connectivity index (χ4v) is 6.28. The van der Waals surface area contributed by atoms with Gasteiger partial charge >= 0.3 is 0 Å². The van der Waals surface area contributed by atoms with Crippen molar-refractivity contribution in [2.45, 2.75) is 49.5 Å². The molecule has 0 saturated carbocycles. The van der Waals surface area contributed by atoms with Gasteiger partial charge in [0, 0.05) is 0 Å². The van der Waals surface area contributed by atoms with Gasteiger partial charge in [0.1, 0.15) is 28.7 Å². The minimum Gasteiger partial charge on any atom is -0.374 e. The Morgan fingerprint density at radius 3 is 1.98 bits per heavy atom. The molecule has 0 N–H and O–H groups in total. The van der Waals surface area contributed by atoms with Crippen LogP contribution in [-0.4, -0.2) is 45.1 Å². The van der Waals surface area contributed by atoms with E-state index < -0.39 is 12.3 Å². The van der Waals surface area contributed by atoms with Crippen LogP contribution in [-0.2, 0) is 38.8 Å². The Labute approximate surface area is 242 Å². The molecule has 0 radical (unpaired) electrons. The molecule has 0 amide bonds. The van der Waals surface area contributed by atoms with Crippen molar-refractivity contribution in [1.29, 1.82) is 0 Å². The molecular weight excluding hydrogens is 542 g/mol. The normalized spacial score (nSPS) is 20.8. The third-order valence-electron chi connectivity index (χ3n) is 6.86. The van der Waals surface area contributed by atoms with Crippen molar-refractivity contribution in [1.82, 2.24) is 13.9 Å². The molecular formula is C31H31N3O4S2. The highest BCUT2D eigenvalue weighted by atomic mass is 32.2. The lowest BCUT2D eigenvalue weighted by atomic mass is 10.1. The van der Waals surface area contributed by atoms with Crippen molar-refractivity contribution < 1.29 is 18.9 Å². The Kier molecular flexibility index (Phi) is 8.87. The number of thioether (sulfide) groups is 1. The van der Waals surface area contributed by atoms with E-state index in [1.807, 2.05) is 60.9 Å². The largest absolute Gasteiger partial charge is 0.374 e. The second-order valence-corrected chi connectivity index (χ2v) is 11.1. The van der Waals surface area contributed by atoms with Gasteiger partial charge in [0.05, 0.1) is 32.6 Å². The number of hydrogen-bond donors (Lipinski definition) is 0. The number of imidazole rings is 1. The third-order valence-corrected chi connectivity index (χ3v) is 8.30. The van der Waals surface area contributed by atoms with Gasteiger partial charge in [0.15, 0.2) is 11.4 Å². The van der Waals surface area contributed by atoms with E-state index in [2.05, 4.69) is 45.3 Å². The number of benzene rings is 3. The van der Waals surface area contributed by atoms with Gasteiger partial charge in [-0.05, 0) is 34.5 Å². The Morgan fingerprint density at radius 1 is 0.800 bits per heavy atom. The van der Waals surface area contributed by atoms with Crippen LogP contribution in [0.4, 0.5) is 0 Å². The molecule has 40 heavy (non-hydrogen) atoms. The van der Waals surface area contributed by atoms with Crippen molar-refractivity contribution >= 4 is 33.6 Å². The number of fused-ring (bicyclic) bond motifs is 1. The molecule has 9 heteroatoms. The standard InChI is InChI=1S/C31H31N3O4S2/c1-39-31-33-25-17-32-40-30(25)34(31)29-28(37-20-24-15-9-4-10-16-24)27(36-19-23-13-7-3-8-14-23)26(38-29)21-35-18-22-11-5-2-6-12-22/h2-17,26-29H,18-21H2,1H3/t26-,27-,28+,29-/m1/s1. The van der Waals surface area contributed by atoms with Crippen LogP contribution in [0.5, 0.6) is 0 Å². The lowest BCUT2D eigenvalue weighted by Crippen LogP contribution is -2.38. The van der Waals surface area contributed by atoms with Crippen molar-refractivity contribution in [3.05, 3.63) is 114 Å². The van der Waals surface area contributed by atoms with Gasteiger partial charge in [-0.3, -0.25) is 4.57 Å². The van der Waals surface area contributed by atoms with Crippen LogP contribution < -0.4 is 0 Å². The number of rotatable bonds is 12. The summed E-state index contributed by atoms with van der Waals surface area (Å²) in [5, 5.41) is 0.856. The van der Waals surface area contributed by atoms with Crippen LogP contribution in [0.3, 0.4) is 0 Å². The van der Waals surface area contributed by atoms with Crippen molar-refractivity contribution in [2.75, 3.05) is 12.9 Å². The highest BCUT2D eigenvalue weighted by Gasteiger charge is 2.48. The fourth-order valence-electron chi connectivity index (χ4n) is 4.91. The van der Waals surface area contributed by atoms with Gasteiger partial charge in [-0.1, -0.05) is 103 Å². The molecule has 3 aromatic carbocycles. The number of nitrogens with zero attached hydrogens (tertiary/aromatic N) is 3. The summed E-state index contributed by atoms with van der Waals surface area (Å²) in [7, 11) is 0. The average molecular weight is 574 g/mol. The molecule has 6 rings (SSSR count). The van der Waals surface area contributed by atoms with E-state index in [0.29, 0.717) is 26.4 Å². The van der Waals surface area contributed by atoms with Crippen LogP contribution in [0.2, 0.25) is 0 Å². The first-order valence-corrected chi connectivity index (χ1v) is 15.2. The van der Waals surface area contributed by atoms with Crippen LogP contribution in [0, 0.1) is 0 Å². The van der Waals surface area contributed by atoms with E-state index in [1.165, 1.54) is 11.5 Å². The van der Waals surface area contributed by atoms with Crippen LogP contribution >= 0.6 is 23.3 Å². The Hall–Kier alpha value is -3.05. The van der Waals surface area contributed by atoms with Gasteiger partial charge in [0.2, 0.25) is 0 Å². The maximum Gasteiger partial charge on any atom is 0.171 e. The molecule has 1 aliphatic heterocycles. The second-order valence-electron chi connectivity index (χ2n) is 9.57. The Bertz CT molecular complexity index is 1480. The number of ether oxygens (including phenoxy) is 4. The summed E-state index contributed by atoms with van der Waals surface area (Å²) in [6.07, 6.45) is 2.24. The molecule has 0 unspecified atom stereocenters. The maximum atomic E-state index is 6.78. The molecule has 0 spiro atoms. The summed E-state index contributed by atoms with van der Waals surface area (Å²) in [6, 6.07) is 30.5. The number of hydrogen-bond acceptors (Lipinski definition) is 8. The predicted octanol–water partition coefficient (Wildman–Crippen LogP) is 6.50. The molecule has 4 atom stereocenters. The Balaban J connectivity index is 1.31. The van der Waals surface area contributed by atoms with Gasteiger partial charge in [-0.15, -0.1) is 0 Å². The molecule has 7 nitrogen and oxygen atoms in total. The minimum atomic E-state index is -0.456. The first-order chi connectivity index (χ1) is 19.8. The first-order valence-electron chi connectivity index (χ1n) is 13.2.